The topological polar surface area (TPSA) is 110 Å². The number of hydrogen-bond donors (Lipinski definition) is 3. The van der Waals surface area contributed by atoms with Crippen LogP contribution < -0.4 is 11.5 Å². The van der Waals surface area contributed by atoms with Crippen LogP contribution in [0.1, 0.15) is 38.5 Å². The third kappa shape index (κ3) is 2.60. The van der Waals surface area contributed by atoms with Crippen LogP contribution in [0, 0.1) is 5.41 Å². The number of amides is 2. The summed E-state index contributed by atoms with van der Waals surface area (Å²) in [4.78, 5) is 25.6. The van der Waals surface area contributed by atoms with E-state index < -0.39 is 23.5 Å². The molecule has 6 heteroatoms. The summed E-state index contributed by atoms with van der Waals surface area (Å²) in [6.07, 6.45) is 4.19. The standard InChI is InChI=1S/C13H23N3O3/c14-8-13(4-2-1-3-5-13)12(19)16-7-9(17)6-10(16)11(15)18/h9-10,17H,1-8,14H2,(H2,15,18). The molecule has 108 valence electrons. The van der Waals surface area contributed by atoms with Crippen molar-refractivity contribution >= 4 is 11.8 Å². The molecular formula is C13H23N3O3. The van der Waals surface area contributed by atoms with Crippen molar-refractivity contribution in [3.8, 4) is 0 Å². The van der Waals surface area contributed by atoms with Crippen LogP contribution in [0.25, 0.3) is 0 Å². The number of aliphatic hydroxyl groups excluding tert-OH is 1. The number of nitrogens with zero attached hydrogens (tertiary/aromatic N) is 1. The Balaban J connectivity index is 2.19. The molecule has 1 saturated heterocycles. The molecule has 0 aromatic carbocycles. The first-order valence-electron chi connectivity index (χ1n) is 6.99. The van der Waals surface area contributed by atoms with E-state index >= 15 is 0 Å². The van der Waals surface area contributed by atoms with Gasteiger partial charge in [-0.3, -0.25) is 9.59 Å². The molecule has 1 aliphatic carbocycles. The minimum absolute atomic E-state index is 0.102. The average Bonchev–Trinajstić information content (AvgIpc) is 2.81. The van der Waals surface area contributed by atoms with Crippen molar-refractivity contribution < 1.29 is 14.7 Å². The van der Waals surface area contributed by atoms with Gasteiger partial charge in [-0.25, -0.2) is 0 Å². The zero-order valence-corrected chi connectivity index (χ0v) is 11.2. The van der Waals surface area contributed by atoms with Gasteiger partial charge >= 0.3 is 0 Å². The minimum Gasteiger partial charge on any atom is -0.391 e. The lowest BCUT2D eigenvalue weighted by Gasteiger charge is -2.39. The molecule has 2 amide bonds. The lowest BCUT2D eigenvalue weighted by Crippen LogP contribution is -2.53. The second-order valence-electron chi connectivity index (χ2n) is 5.81. The lowest BCUT2D eigenvalue weighted by atomic mass is 9.73. The first kappa shape index (κ1) is 14.3. The highest BCUT2D eigenvalue weighted by Gasteiger charge is 2.46. The second kappa shape index (κ2) is 5.46. The fourth-order valence-electron chi connectivity index (χ4n) is 3.35. The molecule has 2 rings (SSSR count). The molecule has 1 heterocycles. The summed E-state index contributed by atoms with van der Waals surface area (Å²) in [7, 11) is 0. The van der Waals surface area contributed by atoms with Crippen LogP contribution in [0.2, 0.25) is 0 Å². The number of aliphatic hydroxyl groups is 1. The Bertz CT molecular complexity index is 366. The maximum Gasteiger partial charge on any atom is 0.240 e. The van der Waals surface area contributed by atoms with E-state index in [1.54, 1.807) is 0 Å². The Morgan fingerprint density at radius 2 is 1.89 bits per heavy atom. The number of hydrogen-bond acceptors (Lipinski definition) is 4. The van der Waals surface area contributed by atoms with E-state index in [4.69, 9.17) is 11.5 Å². The molecule has 0 radical (unpaired) electrons. The van der Waals surface area contributed by atoms with E-state index in [0.29, 0.717) is 6.54 Å². The Hall–Kier alpha value is -1.14. The molecule has 1 saturated carbocycles. The molecule has 1 aliphatic heterocycles. The maximum absolute atomic E-state index is 12.7. The van der Waals surface area contributed by atoms with Crippen LogP contribution in [-0.2, 0) is 9.59 Å². The second-order valence-corrected chi connectivity index (χ2v) is 5.81. The predicted molar refractivity (Wildman–Crippen MR) is 69.9 cm³/mol. The van der Waals surface area contributed by atoms with Crippen LogP contribution in [0.4, 0.5) is 0 Å². The summed E-state index contributed by atoms with van der Waals surface area (Å²) in [5, 5.41) is 9.69. The zero-order chi connectivity index (χ0) is 14.0. The molecule has 0 aromatic rings. The number of likely N-dealkylation sites (tertiary alicyclic amines) is 1. The third-order valence-electron chi connectivity index (χ3n) is 4.52. The van der Waals surface area contributed by atoms with Gasteiger partial charge in [-0.1, -0.05) is 19.3 Å². The molecule has 0 aromatic heterocycles. The molecule has 0 bridgehead atoms. The summed E-state index contributed by atoms with van der Waals surface area (Å²) in [6.45, 7) is 0.484. The summed E-state index contributed by atoms with van der Waals surface area (Å²) in [5.41, 5.74) is 10.6. The van der Waals surface area contributed by atoms with Gasteiger partial charge in [-0.15, -0.1) is 0 Å². The number of nitrogens with two attached hydrogens (primary N) is 2. The smallest absolute Gasteiger partial charge is 0.240 e. The van der Waals surface area contributed by atoms with Crippen LogP contribution in [0.15, 0.2) is 0 Å². The van der Waals surface area contributed by atoms with Gasteiger partial charge in [-0.2, -0.15) is 0 Å². The molecule has 2 fully saturated rings. The van der Waals surface area contributed by atoms with E-state index in [1.165, 1.54) is 4.90 Å². The molecular weight excluding hydrogens is 246 g/mol. The van der Waals surface area contributed by atoms with Gasteiger partial charge < -0.3 is 21.5 Å². The van der Waals surface area contributed by atoms with Crippen LogP contribution in [0.3, 0.4) is 0 Å². The molecule has 2 unspecified atom stereocenters. The van der Waals surface area contributed by atoms with Crippen molar-refractivity contribution in [3.63, 3.8) is 0 Å². The van der Waals surface area contributed by atoms with Crippen LogP contribution >= 0.6 is 0 Å². The first-order valence-corrected chi connectivity index (χ1v) is 6.99. The van der Waals surface area contributed by atoms with Crippen LogP contribution in [-0.4, -0.2) is 47.1 Å². The quantitative estimate of drug-likeness (QED) is 0.632. The van der Waals surface area contributed by atoms with Crippen molar-refractivity contribution in [2.75, 3.05) is 13.1 Å². The summed E-state index contributed by atoms with van der Waals surface area (Å²) >= 11 is 0. The van der Waals surface area contributed by atoms with E-state index in [9.17, 15) is 14.7 Å². The Morgan fingerprint density at radius 3 is 2.42 bits per heavy atom. The van der Waals surface area contributed by atoms with E-state index in [-0.39, 0.29) is 18.9 Å². The normalized spacial score (nSPS) is 30.3. The molecule has 2 atom stereocenters. The minimum atomic E-state index is -0.687. The SMILES string of the molecule is NCC1(C(=O)N2CC(O)CC2C(N)=O)CCCCC1. The zero-order valence-electron chi connectivity index (χ0n) is 11.2. The van der Waals surface area contributed by atoms with Gasteiger partial charge in [0.15, 0.2) is 0 Å². The van der Waals surface area contributed by atoms with Crippen molar-refractivity contribution in [2.45, 2.75) is 50.7 Å². The molecule has 0 spiro atoms. The van der Waals surface area contributed by atoms with E-state index in [2.05, 4.69) is 0 Å². The Kier molecular flexibility index (Phi) is 4.10. The van der Waals surface area contributed by atoms with Gasteiger partial charge in [0, 0.05) is 19.5 Å². The predicted octanol–water partition coefficient (Wildman–Crippen LogP) is -0.657. The van der Waals surface area contributed by atoms with Crippen molar-refractivity contribution in [1.82, 2.24) is 4.90 Å². The third-order valence-corrected chi connectivity index (χ3v) is 4.52. The first-order chi connectivity index (χ1) is 9.00. The fourth-order valence-corrected chi connectivity index (χ4v) is 3.35. The average molecular weight is 269 g/mol. The largest absolute Gasteiger partial charge is 0.391 e. The monoisotopic (exact) mass is 269 g/mol. The molecule has 2 aliphatic rings. The highest BCUT2D eigenvalue weighted by molar-refractivity contribution is 5.90. The van der Waals surface area contributed by atoms with Crippen molar-refractivity contribution in [3.05, 3.63) is 0 Å². The van der Waals surface area contributed by atoms with Crippen molar-refractivity contribution in [1.29, 1.82) is 0 Å². The highest BCUT2D eigenvalue weighted by Crippen LogP contribution is 2.38. The van der Waals surface area contributed by atoms with Gasteiger partial charge in [0.1, 0.15) is 6.04 Å². The van der Waals surface area contributed by atoms with Gasteiger partial charge in [0.25, 0.3) is 0 Å². The van der Waals surface area contributed by atoms with Gasteiger partial charge in [0.05, 0.1) is 11.5 Å². The number of primary amides is 1. The van der Waals surface area contributed by atoms with Crippen LogP contribution in [0.5, 0.6) is 0 Å². The summed E-state index contributed by atoms with van der Waals surface area (Å²) < 4.78 is 0. The highest BCUT2D eigenvalue weighted by atomic mass is 16.3. The number of β-amino-alcohol motifs (C(OH)–C–C–N with tert-alkyl or cyclic N) is 1. The summed E-state index contributed by atoms with van der Waals surface area (Å²) in [5.74, 6) is -0.650. The Morgan fingerprint density at radius 1 is 1.26 bits per heavy atom. The number of carbonyl (C=O) groups excluding carboxylic acids is 2. The number of rotatable bonds is 3. The molecule has 5 N–H and O–H groups in total. The number of carbonyl (C=O) groups is 2. The lowest BCUT2D eigenvalue weighted by molar-refractivity contribution is -0.147. The molecule has 6 nitrogen and oxygen atoms in total. The van der Waals surface area contributed by atoms with E-state index in [1.807, 2.05) is 0 Å². The molecule has 19 heavy (non-hydrogen) atoms. The Labute approximate surface area is 113 Å². The van der Waals surface area contributed by atoms with E-state index in [0.717, 1.165) is 32.1 Å². The fraction of sp³-hybridized carbons (Fsp3) is 0.846. The van der Waals surface area contributed by atoms with Gasteiger partial charge in [0.2, 0.25) is 11.8 Å². The van der Waals surface area contributed by atoms with Gasteiger partial charge in [-0.05, 0) is 12.8 Å². The van der Waals surface area contributed by atoms with Crippen molar-refractivity contribution in [2.24, 2.45) is 16.9 Å². The summed E-state index contributed by atoms with van der Waals surface area (Å²) in [6, 6.07) is -0.687. The maximum atomic E-state index is 12.7.